The van der Waals surface area contributed by atoms with Crippen molar-refractivity contribution in [2.75, 3.05) is 27.4 Å². The normalized spacial score (nSPS) is 10.8. The van der Waals surface area contributed by atoms with Gasteiger partial charge in [-0.3, -0.25) is 0 Å². The van der Waals surface area contributed by atoms with Gasteiger partial charge in [0, 0.05) is 19.6 Å². The number of benzene rings is 2. The molecule has 2 heteroatoms. The molecule has 0 aliphatic carbocycles. The Balaban J connectivity index is 0.000000837. The van der Waals surface area contributed by atoms with Gasteiger partial charge in [-0.2, -0.15) is 0 Å². The summed E-state index contributed by atoms with van der Waals surface area (Å²) in [6.07, 6.45) is 1.90. The van der Waals surface area contributed by atoms with E-state index in [1.807, 2.05) is 0 Å². The van der Waals surface area contributed by atoms with Gasteiger partial charge in [0.2, 0.25) is 0 Å². The molecular weight excluding hydrogens is 356 g/mol. The van der Waals surface area contributed by atoms with Gasteiger partial charge < -0.3 is 9.47 Å². The van der Waals surface area contributed by atoms with Gasteiger partial charge in [-0.05, 0) is 35.8 Å². The van der Waals surface area contributed by atoms with Crippen LogP contribution < -0.4 is 0 Å². The molecule has 29 heavy (non-hydrogen) atoms. The van der Waals surface area contributed by atoms with Crippen molar-refractivity contribution in [2.45, 2.75) is 54.4 Å². The lowest BCUT2D eigenvalue weighted by atomic mass is 9.77. The molecule has 0 spiro atoms. The van der Waals surface area contributed by atoms with E-state index in [-0.39, 0.29) is 5.41 Å². The van der Waals surface area contributed by atoms with Crippen molar-refractivity contribution in [3.8, 4) is 0 Å². The molecule has 0 atom stereocenters. The first kappa shape index (κ1) is 27.4. The Morgan fingerprint density at radius 3 is 1.10 bits per heavy atom. The summed E-state index contributed by atoms with van der Waals surface area (Å²) >= 11 is 0. The Morgan fingerprint density at radius 2 is 0.862 bits per heavy atom. The summed E-state index contributed by atoms with van der Waals surface area (Å²) in [4.78, 5) is 0. The summed E-state index contributed by atoms with van der Waals surface area (Å²) in [6, 6.07) is 21.1. The van der Waals surface area contributed by atoms with Crippen LogP contribution in [0.4, 0.5) is 0 Å². The maximum Gasteiger partial charge on any atom is 0.0547 e. The zero-order valence-corrected chi connectivity index (χ0v) is 20.1. The second kappa shape index (κ2) is 16.2. The van der Waals surface area contributed by atoms with Crippen molar-refractivity contribution < 1.29 is 9.47 Å². The van der Waals surface area contributed by atoms with Crippen molar-refractivity contribution in [1.29, 1.82) is 0 Å². The van der Waals surface area contributed by atoms with Crippen LogP contribution in [0.2, 0.25) is 0 Å². The standard InChI is InChI=1S/C19H24O2.2C4H10/c1-20-15-19(16-21-2,13-17-9-5-3-6-10-17)14-18-11-7-4-8-12-18;2*1-4(2)3/h3-12H,13-16H2,1-2H3;2*4H,1-3H3. The van der Waals surface area contributed by atoms with Crippen molar-refractivity contribution in [1.82, 2.24) is 0 Å². The van der Waals surface area contributed by atoms with Crippen LogP contribution in [0.1, 0.15) is 52.7 Å². The van der Waals surface area contributed by atoms with Gasteiger partial charge >= 0.3 is 0 Å². The molecule has 0 saturated carbocycles. The minimum Gasteiger partial charge on any atom is -0.384 e. The molecule has 0 radical (unpaired) electrons. The summed E-state index contributed by atoms with van der Waals surface area (Å²) in [5.74, 6) is 1.67. The summed E-state index contributed by atoms with van der Waals surface area (Å²) in [5.41, 5.74) is 2.61. The quantitative estimate of drug-likeness (QED) is 0.471. The summed E-state index contributed by atoms with van der Waals surface area (Å²) < 4.78 is 11.0. The van der Waals surface area contributed by atoms with E-state index in [2.05, 4.69) is 102 Å². The van der Waals surface area contributed by atoms with Gasteiger partial charge in [0.25, 0.3) is 0 Å². The lowest BCUT2D eigenvalue weighted by Crippen LogP contribution is -2.36. The summed E-state index contributed by atoms with van der Waals surface area (Å²) in [5, 5.41) is 0. The molecule has 2 aromatic rings. The molecule has 0 aliphatic rings. The fraction of sp³-hybridized carbons (Fsp3) is 0.556. The van der Waals surface area contributed by atoms with Crippen molar-refractivity contribution >= 4 is 0 Å². The highest BCUT2D eigenvalue weighted by Gasteiger charge is 2.31. The highest BCUT2D eigenvalue weighted by molar-refractivity contribution is 5.21. The number of methoxy groups -OCH3 is 2. The smallest absolute Gasteiger partial charge is 0.0547 e. The van der Waals surface area contributed by atoms with E-state index < -0.39 is 0 Å². The highest BCUT2D eigenvalue weighted by Crippen LogP contribution is 2.29. The maximum atomic E-state index is 5.52. The molecule has 0 aromatic heterocycles. The lowest BCUT2D eigenvalue weighted by Gasteiger charge is -2.33. The maximum absolute atomic E-state index is 5.52. The van der Waals surface area contributed by atoms with Gasteiger partial charge in [0.1, 0.15) is 0 Å². The molecule has 0 unspecified atom stereocenters. The average Bonchev–Trinajstić information content (AvgIpc) is 2.63. The van der Waals surface area contributed by atoms with Gasteiger partial charge in [0.15, 0.2) is 0 Å². The molecular formula is C27H44O2. The molecule has 0 heterocycles. The number of ether oxygens (including phenoxy) is 2. The van der Waals surface area contributed by atoms with Crippen LogP contribution >= 0.6 is 0 Å². The van der Waals surface area contributed by atoms with E-state index in [9.17, 15) is 0 Å². The third-order valence-corrected chi connectivity index (χ3v) is 3.74. The minimum absolute atomic E-state index is 0.0355. The number of rotatable bonds is 8. The SMILES string of the molecule is CC(C)C.CC(C)C.COCC(COC)(Cc1ccccc1)Cc1ccccc1. The lowest BCUT2D eigenvalue weighted by molar-refractivity contribution is 0.0102. The van der Waals surface area contributed by atoms with Crippen molar-refractivity contribution in [2.24, 2.45) is 17.3 Å². The summed E-state index contributed by atoms with van der Waals surface area (Å²) in [7, 11) is 3.53. The zero-order chi connectivity index (χ0) is 22.1. The first-order chi connectivity index (χ1) is 13.7. The molecule has 0 fully saturated rings. The first-order valence-corrected chi connectivity index (χ1v) is 10.8. The molecule has 0 aliphatic heterocycles. The molecule has 0 saturated heterocycles. The zero-order valence-electron chi connectivity index (χ0n) is 20.1. The molecule has 164 valence electrons. The van der Waals surface area contributed by atoms with Crippen LogP contribution in [-0.4, -0.2) is 27.4 Å². The average molecular weight is 401 g/mol. The molecule has 2 rings (SSSR count). The van der Waals surface area contributed by atoms with Crippen molar-refractivity contribution in [3.05, 3.63) is 71.8 Å². The van der Waals surface area contributed by atoms with Gasteiger partial charge in [0.05, 0.1) is 13.2 Å². The Labute approximate surface area is 180 Å². The van der Waals surface area contributed by atoms with Gasteiger partial charge in [-0.1, -0.05) is 102 Å². The van der Waals surface area contributed by atoms with E-state index in [4.69, 9.17) is 9.47 Å². The van der Waals surface area contributed by atoms with E-state index in [1.165, 1.54) is 11.1 Å². The molecule has 0 amide bonds. The van der Waals surface area contributed by atoms with Crippen LogP contribution in [-0.2, 0) is 22.3 Å². The first-order valence-electron chi connectivity index (χ1n) is 10.8. The third kappa shape index (κ3) is 14.9. The fourth-order valence-electron chi connectivity index (χ4n) is 2.98. The topological polar surface area (TPSA) is 18.5 Å². The number of hydrogen-bond donors (Lipinski definition) is 0. The van der Waals surface area contributed by atoms with E-state index in [0.29, 0.717) is 13.2 Å². The second-order valence-corrected chi connectivity index (χ2v) is 9.15. The highest BCUT2D eigenvalue weighted by atomic mass is 16.5. The van der Waals surface area contributed by atoms with E-state index in [0.717, 1.165) is 24.7 Å². The van der Waals surface area contributed by atoms with E-state index in [1.54, 1.807) is 14.2 Å². The predicted octanol–water partition coefficient (Wildman–Crippen LogP) is 7.08. The van der Waals surface area contributed by atoms with Gasteiger partial charge in [-0.25, -0.2) is 0 Å². The van der Waals surface area contributed by atoms with Crippen LogP contribution in [0.15, 0.2) is 60.7 Å². The van der Waals surface area contributed by atoms with Crippen molar-refractivity contribution in [3.63, 3.8) is 0 Å². The van der Waals surface area contributed by atoms with Crippen LogP contribution in [0.25, 0.3) is 0 Å². The van der Waals surface area contributed by atoms with E-state index >= 15 is 0 Å². The van der Waals surface area contributed by atoms with Crippen LogP contribution in [0.3, 0.4) is 0 Å². The largest absolute Gasteiger partial charge is 0.384 e. The predicted molar refractivity (Wildman–Crippen MR) is 128 cm³/mol. The van der Waals surface area contributed by atoms with Crippen LogP contribution in [0, 0.1) is 17.3 Å². The third-order valence-electron chi connectivity index (χ3n) is 3.74. The minimum atomic E-state index is -0.0355. The number of hydrogen-bond acceptors (Lipinski definition) is 2. The fourth-order valence-corrected chi connectivity index (χ4v) is 2.98. The van der Waals surface area contributed by atoms with Gasteiger partial charge in [-0.15, -0.1) is 0 Å². The second-order valence-electron chi connectivity index (χ2n) is 9.15. The Bertz CT molecular complexity index is 529. The molecule has 0 bridgehead atoms. The monoisotopic (exact) mass is 400 g/mol. The Morgan fingerprint density at radius 1 is 0.586 bits per heavy atom. The summed E-state index contributed by atoms with van der Waals surface area (Å²) in [6.45, 7) is 14.4. The van der Waals surface area contributed by atoms with Crippen LogP contribution in [0.5, 0.6) is 0 Å². The Hall–Kier alpha value is -1.64. The Kier molecular flexibility index (Phi) is 15.3. The molecule has 2 nitrogen and oxygen atoms in total. The molecule has 0 N–H and O–H groups in total. The molecule has 2 aromatic carbocycles.